The van der Waals surface area contributed by atoms with E-state index in [0.29, 0.717) is 57.1 Å². The highest BCUT2D eigenvalue weighted by Crippen LogP contribution is 2.39. The van der Waals surface area contributed by atoms with Crippen molar-refractivity contribution in [2.75, 3.05) is 6.54 Å². The van der Waals surface area contributed by atoms with E-state index in [9.17, 15) is 9.59 Å². The largest absolute Gasteiger partial charge is 0.489 e. The first kappa shape index (κ1) is 19.8. The number of ether oxygens (including phenoxy) is 1. The molecule has 1 aliphatic heterocycles. The molecule has 0 aliphatic carbocycles. The third-order valence-electron chi connectivity index (χ3n) is 4.95. The Labute approximate surface area is 176 Å². The Morgan fingerprint density at radius 2 is 2.10 bits per heavy atom. The number of H-pyrrole nitrogens is 1. The van der Waals surface area contributed by atoms with Crippen LogP contribution >= 0.6 is 23.2 Å². The number of halogens is 2. The molecule has 3 heterocycles. The number of carbonyl (C=O) groups excluding carboxylic acids is 1. The number of hydrogen-bond donors (Lipinski definition) is 1. The fourth-order valence-corrected chi connectivity index (χ4v) is 4.16. The van der Waals surface area contributed by atoms with Crippen LogP contribution in [0.15, 0.2) is 21.6 Å². The van der Waals surface area contributed by atoms with E-state index in [-0.39, 0.29) is 29.1 Å². The second kappa shape index (κ2) is 7.39. The van der Waals surface area contributed by atoms with Crippen molar-refractivity contribution >= 4 is 40.1 Å². The predicted octanol–water partition coefficient (Wildman–Crippen LogP) is 4.12. The summed E-state index contributed by atoms with van der Waals surface area (Å²) in [6, 6.07) is 1.65. The first-order valence-electron chi connectivity index (χ1n) is 9.20. The summed E-state index contributed by atoms with van der Waals surface area (Å²) in [5, 5.41) is 5.17. The quantitative estimate of drug-likeness (QED) is 0.665. The molecule has 1 aromatic carbocycles. The number of rotatable bonds is 4. The van der Waals surface area contributed by atoms with Crippen LogP contribution in [0.3, 0.4) is 0 Å². The molecule has 9 heteroatoms. The lowest BCUT2D eigenvalue weighted by molar-refractivity contribution is 0.0726. The normalized spacial score (nSPS) is 14.0. The van der Waals surface area contributed by atoms with Gasteiger partial charge in [-0.3, -0.25) is 9.59 Å². The lowest BCUT2D eigenvalue weighted by Crippen LogP contribution is -2.39. The molecule has 0 spiro atoms. The molecule has 0 saturated carbocycles. The molecule has 0 unspecified atom stereocenters. The fraction of sp³-hybridized carbons (Fsp3) is 0.350. The third kappa shape index (κ3) is 3.38. The van der Waals surface area contributed by atoms with Crippen LogP contribution in [0.25, 0.3) is 11.0 Å². The van der Waals surface area contributed by atoms with Gasteiger partial charge in [-0.05, 0) is 32.8 Å². The van der Waals surface area contributed by atoms with Crippen LogP contribution in [-0.2, 0) is 13.0 Å². The van der Waals surface area contributed by atoms with Crippen molar-refractivity contribution in [3.05, 3.63) is 55.0 Å². The summed E-state index contributed by atoms with van der Waals surface area (Å²) in [5.74, 6) is 0.0615. The molecule has 0 atom stereocenters. The minimum Gasteiger partial charge on any atom is -0.489 e. The van der Waals surface area contributed by atoms with Gasteiger partial charge in [0.05, 0.1) is 40.4 Å². The molecule has 7 nitrogen and oxygen atoms in total. The standard InChI is InChI=1S/C20H19Cl2N3O4/c1-9(2)28-15-6-14(21)11-4-5-25(20(27)16(11)17(15)22)8-13-18-12(7-23-29-18)10(3)24-19(13)26/h6-7,9H,4-5,8H2,1-3H3,(H,24,26). The van der Waals surface area contributed by atoms with E-state index < -0.39 is 0 Å². The van der Waals surface area contributed by atoms with E-state index in [1.54, 1.807) is 24.1 Å². The Hall–Kier alpha value is -2.51. The van der Waals surface area contributed by atoms with Crippen molar-refractivity contribution in [1.29, 1.82) is 0 Å². The van der Waals surface area contributed by atoms with Gasteiger partial charge in [0.2, 0.25) is 0 Å². The number of pyridine rings is 1. The molecule has 3 aromatic rings. The number of hydrogen-bond acceptors (Lipinski definition) is 5. The van der Waals surface area contributed by atoms with Crippen LogP contribution in [0.5, 0.6) is 5.75 Å². The summed E-state index contributed by atoms with van der Waals surface area (Å²) in [4.78, 5) is 30.1. The number of aromatic nitrogens is 2. The molecule has 4 rings (SSSR count). The number of nitrogens with zero attached hydrogens (tertiary/aromatic N) is 2. The second-order valence-electron chi connectivity index (χ2n) is 7.29. The maximum absolute atomic E-state index is 13.3. The van der Waals surface area contributed by atoms with Crippen molar-refractivity contribution in [3.63, 3.8) is 0 Å². The highest BCUT2D eigenvalue weighted by atomic mass is 35.5. The van der Waals surface area contributed by atoms with Crippen molar-refractivity contribution in [1.82, 2.24) is 15.0 Å². The number of carbonyl (C=O) groups is 1. The van der Waals surface area contributed by atoms with Gasteiger partial charge >= 0.3 is 0 Å². The van der Waals surface area contributed by atoms with E-state index >= 15 is 0 Å². The average molecular weight is 436 g/mol. The molecule has 1 aliphatic rings. The molecule has 0 saturated heterocycles. The number of benzene rings is 1. The van der Waals surface area contributed by atoms with Gasteiger partial charge in [0, 0.05) is 23.3 Å². The Kier molecular flexibility index (Phi) is 5.04. The molecule has 2 aromatic heterocycles. The van der Waals surface area contributed by atoms with Crippen LogP contribution in [0.1, 0.15) is 41.0 Å². The number of nitrogens with one attached hydrogen (secondary N) is 1. The summed E-state index contributed by atoms with van der Waals surface area (Å²) in [6.07, 6.45) is 1.94. The topological polar surface area (TPSA) is 88.4 Å². The molecular formula is C20H19Cl2N3O4. The summed E-state index contributed by atoms with van der Waals surface area (Å²) >= 11 is 12.9. The first-order valence-corrected chi connectivity index (χ1v) is 9.96. The van der Waals surface area contributed by atoms with E-state index in [4.69, 9.17) is 32.5 Å². The molecule has 1 amide bonds. The number of aryl methyl sites for hydroxylation is 1. The molecular weight excluding hydrogens is 417 g/mol. The van der Waals surface area contributed by atoms with Gasteiger partial charge in [-0.2, -0.15) is 0 Å². The minimum atomic E-state index is -0.314. The molecule has 152 valence electrons. The predicted molar refractivity (Wildman–Crippen MR) is 110 cm³/mol. The zero-order valence-corrected chi connectivity index (χ0v) is 17.6. The molecule has 0 radical (unpaired) electrons. The lowest BCUT2D eigenvalue weighted by atomic mass is 9.97. The van der Waals surface area contributed by atoms with Crippen LogP contribution < -0.4 is 10.3 Å². The van der Waals surface area contributed by atoms with Crippen molar-refractivity contribution in [2.24, 2.45) is 0 Å². The van der Waals surface area contributed by atoms with Crippen LogP contribution in [0, 0.1) is 6.92 Å². The summed E-state index contributed by atoms with van der Waals surface area (Å²) < 4.78 is 11.0. The summed E-state index contributed by atoms with van der Waals surface area (Å²) in [6.45, 7) is 5.97. The van der Waals surface area contributed by atoms with Crippen molar-refractivity contribution in [2.45, 2.75) is 39.8 Å². The van der Waals surface area contributed by atoms with E-state index in [2.05, 4.69) is 10.1 Å². The lowest BCUT2D eigenvalue weighted by Gasteiger charge is -2.30. The second-order valence-corrected chi connectivity index (χ2v) is 8.08. The van der Waals surface area contributed by atoms with Gasteiger partial charge in [0.15, 0.2) is 5.58 Å². The number of aromatic amines is 1. The maximum Gasteiger partial charge on any atom is 0.257 e. The monoisotopic (exact) mass is 435 g/mol. The summed E-state index contributed by atoms with van der Waals surface area (Å²) in [7, 11) is 0. The van der Waals surface area contributed by atoms with Gasteiger partial charge in [-0.15, -0.1) is 0 Å². The first-order chi connectivity index (χ1) is 13.8. The van der Waals surface area contributed by atoms with Crippen molar-refractivity contribution < 1.29 is 14.1 Å². The molecule has 29 heavy (non-hydrogen) atoms. The van der Waals surface area contributed by atoms with Gasteiger partial charge in [0.1, 0.15) is 5.75 Å². The van der Waals surface area contributed by atoms with Crippen LogP contribution in [0.2, 0.25) is 10.0 Å². The van der Waals surface area contributed by atoms with Crippen LogP contribution in [0.4, 0.5) is 0 Å². The van der Waals surface area contributed by atoms with E-state index in [1.165, 1.54) is 0 Å². The molecule has 1 N–H and O–H groups in total. The Morgan fingerprint density at radius 1 is 1.34 bits per heavy atom. The highest BCUT2D eigenvalue weighted by molar-refractivity contribution is 6.38. The fourth-order valence-electron chi connectivity index (χ4n) is 3.58. The molecule has 0 bridgehead atoms. The van der Waals surface area contributed by atoms with Gasteiger partial charge in [-0.1, -0.05) is 28.4 Å². The third-order valence-corrected chi connectivity index (χ3v) is 5.66. The highest BCUT2D eigenvalue weighted by Gasteiger charge is 2.32. The van der Waals surface area contributed by atoms with Gasteiger partial charge < -0.3 is 19.1 Å². The minimum absolute atomic E-state index is 0.0722. The zero-order valence-electron chi connectivity index (χ0n) is 16.1. The Bertz CT molecular complexity index is 1180. The van der Waals surface area contributed by atoms with Crippen molar-refractivity contribution in [3.8, 4) is 5.75 Å². The Balaban J connectivity index is 1.74. The SMILES string of the molecule is Cc1[nH]c(=O)c(CN2CCc3c(Cl)cc(OC(C)C)c(Cl)c3C2=O)c2oncc12. The van der Waals surface area contributed by atoms with Crippen LogP contribution in [-0.4, -0.2) is 33.6 Å². The van der Waals surface area contributed by atoms with Gasteiger partial charge in [0.25, 0.3) is 11.5 Å². The molecule has 0 fully saturated rings. The smallest absolute Gasteiger partial charge is 0.257 e. The summed E-state index contributed by atoms with van der Waals surface area (Å²) in [5.41, 5.74) is 2.08. The van der Waals surface area contributed by atoms with E-state index in [1.807, 2.05) is 13.8 Å². The number of fused-ring (bicyclic) bond motifs is 2. The number of amides is 1. The van der Waals surface area contributed by atoms with E-state index in [0.717, 1.165) is 0 Å². The van der Waals surface area contributed by atoms with Gasteiger partial charge in [-0.25, -0.2) is 0 Å². The maximum atomic E-state index is 13.3. The zero-order chi connectivity index (χ0) is 20.9. The Morgan fingerprint density at radius 3 is 2.83 bits per heavy atom. The average Bonchev–Trinajstić information content (AvgIpc) is 3.14.